The van der Waals surface area contributed by atoms with E-state index < -0.39 is 0 Å². The van der Waals surface area contributed by atoms with E-state index in [2.05, 4.69) is 179 Å². The van der Waals surface area contributed by atoms with Gasteiger partial charge in [-0.25, -0.2) is 0 Å². The second-order valence-corrected chi connectivity index (χ2v) is 20.7. The fourth-order valence-electron chi connectivity index (χ4n) is 12.3. The van der Waals surface area contributed by atoms with Gasteiger partial charge >= 0.3 is 0 Å². The first-order valence-corrected chi connectivity index (χ1v) is 26.8. The largest absolute Gasteiger partial charge is 0.300 e. The summed E-state index contributed by atoms with van der Waals surface area (Å²) in [5.41, 5.74) is 16.1. The van der Waals surface area contributed by atoms with Crippen LogP contribution in [0.5, 0.6) is 0 Å². The van der Waals surface area contributed by atoms with Crippen molar-refractivity contribution in [2.24, 2.45) is 0 Å². The molecule has 0 radical (unpaired) electrons. The summed E-state index contributed by atoms with van der Waals surface area (Å²) in [6.07, 6.45) is 6.01. The van der Waals surface area contributed by atoms with Gasteiger partial charge in [0.2, 0.25) is 0 Å². The van der Waals surface area contributed by atoms with E-state index in [9.17, 15) is 14.4 Å². The molecule has 6 heterocycles. The first-order chi connectivity index (χ1) is 39.9. The van der Waals surface area contributed by atoms with E-state index >= 15 is 0 Å². The highest BCUT2D eigenvalue weighted by atomic mass is 16.1. The van der Waals surface area contributed by atoms with Crippen LogP contribution in [0.2, 0.25) is 0 Å². The Hall–Kier alpha value is -11.2. The first-order valence-electron chi connectivity index (χ1n) is 26.8. The third kappa shape index (κ3) is 7.33. The Morgan fingerprint density at radius 2 is 0.494 bits per heavy atom. The zero-order valence-corrected chi connectivity index (χ0v) is 43.2. The molecule has 378 valence electrons. The highest BCUT2D eigenvalue weighted by molar-refractivity contribution is 6.04. The minimum Gasteiger partial charge on any atom is -0.300 e. The van der Waals surface area contributed by atoms with E-state index in [0.717, 1.165) is 116 Å². The number of hydrogen-bond acceptors (Lipinski definition) is 6. The summed E-state index contributed by atoms with van der Waals surface area (Å²) in [6, 6.07) is 80.9. The van der Waals surface area contributed by atoms with Crippen LogP contribution in [0.1, 0.15) is 0 Å². The molecule has 16 rings (SSSR count). The molecule has 6 aromatic heterocycles. The fraction of sp³-hybridized carbons (Fsp3) is 0. The monoisotopic (exact) mass is 1040 g/mol. The number of nitrogens with zero attached hydrogens (tertiary/aromatic N) is 6. The van der Waals surface area contributed by atoms with E-state index in [4.69, 9.17) is 0 Å². The molecule has 0 saturated carbocycles. The van der Waals surface area contributed by atoms with Gasteiger partial charge in [-0.1, -0.05) is 146 Å². The highest BCUT2D eigenvalue weighted by Crippen LogP contribution is 2.44. The van der Waals surface area contributed by atoms with Gasteiger partial charge in [0.25, 0.3) is 16.7 Å². The zero-order valence-electron chi connectivity index (χ0n) is 43.2. The van der Waals surface area contributed by atoms with Gasteiger partial charge < -0.3 is 13.2 Å². The second kappa shape index (κ2) is 18.0. The molecule has 16 aromatic rings. The van der Waals surface area contributed by atoms with Crippen LogP contribution in [0.4, 0.5) is 0 Å². The number of hydrogen-bond donors (Lipinski definition) is 0. The number of fused-ring (bicyclic) bond motifs is 15. The van der Waals surface area contributed by atoms with Crippen LogP contribution >= 0.6 is 0 Å². The van der Waals surface area contributed by atoms with Crippen molar-refractivity contribution in [1.29, 1.82) is 0 Å². The lowest BCUT2D eigenvalue weighted by Crippen LogP contribution is -2.10. The summed E-state index contributed by atoms with van der Waals surface area (Å²) in [6.45, 7) is 0. The molecular weight excluding hydrogens is 997 g/mol. The van der Waals surface area contributed by atoms with E-state index in [1.54, 1.807) is 0 Å². The summed E-state index contributed by atoms with van der Waals surface area (Å²) in [7, 11) is 0. The van der Waals surface area contributed by atoms with Gasteiger partial charge in [0.15, 0.2) is 0 Å². The van der Waals surface area contributed by atoms with Crippen molar-refractivity contribution in [1.82, 2.24) is 28.2 Å². The maximum Gasteiger partial charge on any atom is 0.281 e. The molecule has 0 aliphatic carbocycles. The van der Waals surface area contributed by atoms with Crippen molar-refractivity contribution in [3.8, 4) is 66.8 Å². The molecule has 0 aliphatic rings. The summed E-state index contributed by atoms with van der Waals surface area (Å²) >= 11 is 0. The third-order valence-electron chi connectivity index (χ3n) is 16.2. The van der Waals surface area contributed by atoms with Crippen molar-refractivity contribution in [2.45, 2.75) is 0 Å². The Bertz CT molecular complexity index is 5020. The quantitative estimate of drug-likeness (QED) is 0.154. The van der Waals surface area contributed by atoms with Gasteiger partial charge in [-0.3, -0.25) is 14.4 Å². The Labute approximate surface area is 460 Å². The molecule has 0 spiro atoms. The lowest BCUT2D eigenvalue weighted by atomic mass is 9.86. The Kier molecular flexibility index (Phi) is 10.2. The van der Waals surface area contributed by atoms with E-state index in [-0.39, 0.29) is 16.7 Å². The number of benzene rings is 10. The SMILES string of the molecule is O=c1nc2c3ccc(-c4ccccc4-c4cc(-c5ccccc5-c5ccc6c(ccn7c8ccccc8c(=O)nc67)c5)cc(-c5ccccc5-c5ccc6c(ccn7c8ccccc8c(=O)nc67)c5)c4)cc3ccn2c2ccccc12. The predicted molar refractivity (Wildman–Crippen MR) is 329 cm³/mol. The van der Waals surface area contributed by atoms with Crippen molar-refractivity contribution in [3.05, 3.63) is 286 Å². The summed E-state index contributed by atoms with van der Waals surface area (Å²) in [5, 5.41) is 7.34. The highest BCUT2D eigenvalue weighted by Gasteiger charge is 2.19. The van der Waals surface area contributed by atoms with Gasteiger partial charge in [-0.15, -0.1) is 0 Å². The molecule has 0 atom stereocenters. The number of pyridine rings is 3. The fourth-order valence-corrected chi connectivity index (χ4v) is 12.3. The smallest absolute Gasteiger partial charge is 0.281 e. The molecule has 0 bridgehead atoms. The van der Waals surface area contributed by atoms with Gasteiger partial charge in [0.1, 0.15) is 16.9 Å². The van der Waals surface area contributed by atoms with Crippen molar-refractivity contribution >= 4 is 82.0 Å². The predicted octanol–water partition coefficient (Wildman–Crippen LogP) is 15.6. The molecule has 0 N–H and O–H groups in total. The molecule has 9 nitrogen and oxygen atoms in total. The zero-order chi connectivity index (χ0) is 53.9. The normalized spacial score (nSPS) is 11.9. The number of aromatic nitrogens is 6. The molecule has 0 amide bonds. The minimum atomic E-state index is -0.247. The topological polar surface area (TPSA) is 103 Å². The molecular formula is C72H42N6O3. The molecule has 10 aromatic carbocycles. The molecule has 9 heteroatoms. The van der Waals surface area contributed by atoms with E-state index in [0.29, 0.717) is 33.1 Å². The van der Waals surface area contributed by atoms with Crippen molar-refractivity contribution in [3.63, 3.8) is 0 Å². The van der Waals surface area contributed by atoms with Gasteiger partial charge in [-0.05, 0) is 174 Å². The first kappa shape index (κ1) is 46.0. The summed E-state index contributed by atoms with van der Waals surface area (Å²) in [5.74, 6) is 0. The van der Waals surface area contributed by atoms with Crippen molar-refractivity contribution < 1.29 is 0 Å². The van der Waals surface area contributed by atoms with Gasteiger partial charge in [0, 0.05) is 34.7 Å². The number of rotatable bonds is 6. The van der Waals surface area contributed by atoms with Crippen LogP contribution in [-0.4, -0.2) is 28.2 Å². The Morgan fingerprint density at radius 3 is 0.790 bits per heavy atom. The molecule has 0 unspecified atom stereocenters. The van der Waals surface area contributed by atoms with E-state index in [1.165, 1.54) is 0 Å². The van der Waals surface area contributed by atoms with E-state index in [1.807, 2.05) is 105 Å². The minimum absolute atomic E-state index is 0.247. The Balaban J connectivity index is 0.878. The third-order valence-corrected chi connectivity index (χ3v) is 16.2. The second-order valence-electron chi connectivity index (χ2n) is 20.7. The van der Waals surface area contributed by atoms with Crippen molar-refractivity contribution in [2.75, 3.05) is 0 Å². The van der Waals surface area contributed by atoms with Crippen LogP contribution in [0.3, 0.4) is 0 Å². The molecule has 81 heavy (non-hydrogen) atoms. The van der Waals surface area contributed by atoms with Gasteiger partial charge in [-0.2, -0.15) is 15.0 Å². The maximum absolute atomic E-state index is 13.3. The van der Waals surface area contributed by atoms with Crippen LogP contribution < -0.4 is 16.7 Å². The van der Waals surface area contributed by atoms with Crippen LogP contribution in [0, 0.1) is 0 Å². The molecule has 0 aliphatic heterocycles. The Morgan fingerprint density at radius 1 is 0.235 bits per heavy atom. The molecule has 0 saturated heterocycles. The summed E-state index contributed by atoms with van der Waals surface area (Å²) in [4.78, 5) is 53.7. The lowest BCUT2D eigenvalue weighted by Gasteiger charge is -2.18. The van der Waals surface area contributed by atoms with Crippen LogP contribution in [0.25, 0.3) is 149 Å². The lowest BCUT2D eigenvalue weighted by molar-refractivity contribution is 1.15. The standard InChI is InChI=1S/C72H42N6O3/c79-70-61-19-7-10-22-64(61)76-34-31-46-37-43(25-28-58(46)67(76)73-70)52-13-1-4-16-55(52)49-40-50(56-17-5-2-14-53(56)44-26-29-59-47(38-44)32-35-77-65-23-11-8-20-62(65)71(80)74-68(59)77)42-51(41-49)57-18-6-3-15-54(57)45-27-30-60-48(39-45)33-36-78-66-24-12-9-21-63(66)72(81)75-69(60)78/h1-42H. The van der Waals surface area contributed by atoms with Crippen LogP contribution in [0.15, 0.2) is 270 Å². The maximum atomic E-state index is 13.3. The summed E-state index contributed by atoms with van der Waals surface area (Å²) < 4.78 is 5.99. The molecule has 0 fully saturated rings. The van der Waals surface area contributed by atoms with Gasteiger partial charge in [0.05, 0.1) is 32.7 Å². The van der Waals surface area contributed by atoms with Crippen LogP contribution in [-0.2, 0) is 0 Å². The number of para-hydroxylation sites is 3. The average Bonchev–Trinajstić information content (AvgIpc) is 3.72. The average molecular weight is 1040 g/mol.